The Bertz CT molecular complexity index is 1080. The third-order valence-electron chi connectivity index (χ3n) is 6.39. The zero-order chi connectivity index (χ0) is 26.3. The number of hydrogen-bond acceptors (Lipinski definition) is 2. The molecule has 3 atom stereocenters. The van der Waals surface area contributed by atoms with Gasteiger partial charge in [0, 0.05) is 19.5 Å². The van der Waals surface area contributed by atoms with Crippen molar-refractivity contribution in [2.45, 2.75) is 44.7 Å². The van der Waals surface area contributed by atoms with Crippen molar-refractivity contribution >= 4 is 12.3 Å². The Hall–Kier alpha value is -3.11. The molecule has 1 aliphatic heterocycles. The molecular formula is C24H23F7N2O2. The summed E-state index contributed by atoms with van der Waals surface area (Å²) in [4.78, 5) is 27.4. The van der Waals surface area contributed by atoms with E-state index in [9.17, 15) is 40.3 Å². The quantitative estimate of drug-likeness (QED) is 0.350. The molecular weight excluding hydrogens is 481 g/mol. The molecule has 1 fully saturated rings. The highest BCUT2D eigenvalue weighted by molar-refractivity contribution is 5.77. The number of rotatable bonds is 4. The zero-order valence-corrected chi connectivity index (χ0v) is 19.0. The summed E-state index contributed by atoms with van der Waals surface area (Å²) in [5.41, 5.74) is -2.25. The van der Waals surface area contributed by atoms with Crippen molar-refractivity contribution in [2.75, 3.05) is 13.6 Å². The van der Waals surface area contributed by atoms with Gasteiger partial charge in [0.05, 0.1) is 23.2 Å². The maximum absolute atomic E-state index is 13.6. The molecule has 0 aromatic heterocycles. The average Bonchev–Trinajstić information content (AvgIpc) is 3.19. The topological polar surface area (TPSA) is 40.6 Å². The normalized spacial score (nSPS) is 19.5. The van der Waals surface area contributed by atoms with Crippen molar-refractivity contribution in [1.29, 1.82) is 0 Å². The molecule has 2 aromatic rings. The largest absolute Gasteiger partial charge is 0.416 e. The fraction of sp³-hybridized carbons (Fsp3) is 0.417. The van der Waals surface area contributed by atoms with Gasteiger partial charge in [0.1, 0.15) is 12.1 Å². The summed E-state index contributed by atoms with van der Waals surface area (Å²) >= 11 is 0. The summed E-state index contributed by atoms with van der Waals surface area (Å²) in [6.07, 6.45) is -9.04. The van der Waals surface area contributed by atoms with Crippen LogP contribution in [0.15, 0.2) is 36.4 Å². The van der Waals surface area contributed by atoms with E-state index >= 15 is 0 Å². The molecule has 0 radical (unpaired) electrons. The van der Waals surface area contributed by atoms with Crippen LogP contribution in [0.1, 0.15) is 53.2 Å². The van der Waals surface area contributed by atoms with Gasteiger partial charge in [-0.15, -0.1) is 0 Å². The lowest BCUT2D eigenvalue weighted by Gasteiger charge is -2.35. The molecule has 0 N–H and O–H groups in total. The fourth-order valence-corrected chi connectivity index (χ4v) is 4.35. The summed E-state index contributed by atoms with van der Waals surface area (Å²) in [5, 5.41) is 0. The van der Waals surface area contributed by atoms with Crippen molar-refractivity contribution < 1.29 is 40.3 Å². The summed E-state index contributed by atoms with van der Waals surface area (Å²) in [7, 11) is 1.27. The molecule has 0 spiro atoms. The molecule has 3 rings (SSSR count). The van der Waals surface area contributed by atoms with Crippen LogP contribution in [0.3, 0.4) is 0 Å². The first-order valence-electron chi connectivity index (χ1n) is 10.7. The summed E-state index contributed by atoms with van der Waals surface area (Å²) in [5.74, 6) is -1.10. The molecule has 190 valence electrons. The monoisotopic (exact) mass is 504 g/mol. The number of carbonyl (C=O) groups excluding carboxylic acids is 2. The number of likely N-dealkylation sites (tertiary alicyclic amines) is 1. The number of halogens is 7. The molecule has 4 nitrogen and oxygen atoms in total. The maximum atomic E-state index is 13.6. The van der Waals surface area contributed by atoms with Crippen LogP contribution in [-0.4, -0.2) is 35.7 Å². The summed E-state index contributed by atoms with van der Waals surface area (Å²) < 4.78 is 93.3. The van der Waals surface area contributed by atoms with Gasteiger partial charge < -0.3 is 14.6 Å². The lowest BCUT2D eigenvalue weighted by molar-refractivity contribution is -0.143. The number of amides is 2. The second-order valence-corrected chi connectivity index (χ2v) is 8.64. The van der Waals surface area contributed by atoms with Crippen LogP contribution in [0.25, 0.3) is 0 Å². The van der Waals surface area contributed by atoms with Gasteiger partial charge in [-0.2, -0.15) is 26.3 Å². The molecule has 2 aromatic carbocycles. The lowest BCUT2D eigenvalue weighted by atomic mass is 9.92. The minimum Gasteiger partial charge on any atom is -0.321 e. The predicted octanol–water partition coefficient (Wildman–Crippen LogP) is 6.55. The van der Waals surface area contributed by atoms with Gasteiger partial charge >= 0.3 is 18.4 Å². The molecule has 0 unspecified atom stereocenters. The van der Waals surface area contributed by atoms with Gasteiger partial charge in [-0.1, -0.05) is 6.07 Å². The van der Waals surface area contributed by atoms with Gasteiger partial charge in [-0.3, -0.25) is 0 Å². The Kier molecular flexibility index (Phi) is 7.19. The van der Waals surface area contributed by atoms with Crippen LogP contribution in [0.4, 0.5) is 35.5 Å². The third kappa shape index (κ3) is 5.43. The van der Waals surface area contributed by atoms with Gasteiger partial charge in [0.2, 0.25) is 0 Å². The Labute approximate surface area is 197 Å². The number of urea groups is 1. The highest BCUT2D eigenvalue weighted by Gasteiger charge is 2.41. The summed E-state index contributed by atoms with van der Waals surface area (Å²) in [6, 6.07) is 2.53. The van der Waals surface area contributed by atoms with E-state index in [-0.39, 0.29) is 18.2 Å². The van der Waals surface area contributed by atoms with E-state index in [2.05, 4.69) is 0 Å². The Morgan fingerprint density at radius 2 is 1.63 bits per heavy atom. The van der Waals surface area contributed by atoms with Crippen LogP contribution < -0.4 is 0 Å². The molecule has 0 saturated carbocycles. The van der Waals surface area contributed by atoms with E-state index in [1.54, 1.807) is 6.92 Å². The Morgan fingerprint density at radius 3 is 2.11 bits per heavy atom. The number of alkyl halides is 6. The molecule has 11 heteroatoms. The van der Waals surface area contributed by atoms with Crippen molar-refractivity contribution in [3.8, 4) is 0 Å². The molecule has 1 aliphatic rings. The number of benzene rings is 2. The Balaban J connectivity index is 1.97. The number of nitrogens with zero attached hydrogens (tertiary/aromatic N) is 2. The van der Waals surface area contributed by atoms with E-state index < -0.39 is 53.3 Å². The maximum Gasteiger partial charge on any atom is 0.416 e. The van der Waals surface area contributed by atoms with E-state index in [1.165, 1.54) is 37.1 Å². The number of aldehydes is 1. The molecule has 1 saturated heterocycles. The van der Waals surface area contributed by atoms with Gasteiger partial charge in [0.15, 0.2) is 0 Å². The Morgan fingerprint density at radius 1 is 1.06 bits per heavy atom. The van der Waals surface area contributed by atoms with Crippen molar-refractivity contribution in [2.24, 2.45) is 5.92 Å². The van der Waals surface area contributed by atoms with E-state index in [0.29, 0.717) is 36.0 Å². The number of aryl methyl sites for hydroxylation is 1. The lowest BCUT2D eigenvalue weighted by Crippen LogP contribution is -2.42. The average molecular weight is 504 g/mol. The van der Waals surface area contributed by atoms with Crippen molar-refractivity contribution in [3.63, 3.8) is 0 Å². The van der Waals surface area contributed by atoms with Crippen LogP contribution >= 0.6 is 0 Å². The highest BCUT2D eigenvalue weighted by Crippen LogP contribution is 2.41. The number of hydrogen-bond donors (Lipinski definition) is 0. The smallest absolute Gasteiger partial charge is 0.321 e. The SMILES string of the molecule is Cc1cc(F)ccc1[C@@H]1[C@@H](C=O)CCN1C(=O)N(C)[C@@H](C)c1cc(C(F)(F)F)cc(C(F)(F)F)c1. The minimum absolute atomic E-state index is 0.0283. The molecule has 2 amide bonds. The standard InChI is InChI=1S/C24H23F7N2O2/c1-13-8-19(25)4-5-20(13)21-15(12-34)6-7-33(21)22(35)32(3)14(2)16-9-17(23(26,27)28)11-18(10-16)24(29,30)31/h4-5,8-12,14-15,21H,6-7H2,1-3H3/t14-,15+,21-/m0/s1. The first-order valence-corrected chi connectivity index (χ1v) is 10.7. The first-order chi connectivity index (χ1) is 16.1. The fourth-order valence-electron chi connectivity index (χ4n) is 4.35. The minimum atomic E-state index is -5.02. The predicted molar refractivity (Wildman–Crippen MR) is 113 cm³/mol. The van der Waals surface area contributed by atoms with E-state index in [1.807, 2.05) is 0 Å². The van der Waals surface area contributed by atoms with Gasteiger partial charge in [-0.05, 0) is 67.3 Å². The summed E-state index contributed by atoms with van der Waals surface area (Å²) in [6.45, 7) is 3.07. The molecule has 0 aliphatic carbocycles. The van der Waals surface area contributed by atoms with Crippen molar-refractivity contribution in [3.05, 3.63) is 70.0 Å². The molecule has 1 heterocycles. The van der Waals surface area contributed by atoms with Crippen LogP contribution in [0.2, 0.25) is 0 Å². The van der Waals surface area contributed by atoms with E-state index in [4.69, 9.17) is 0 Å². The second kappa shape index (κ2) is 9.50. The number of carbonyl (C=O) groups is 2. The van der Waals surface area contributed by atoms with Crippen LogP contribution in [0, 0.1) is 18.7 Å². The highest BCUT2D eigenvalue weighted by atomic mass is 19.4. The van der Waals surface area contributed by atoms with Crippen LogP contribution in [0.5, 0.6) is 0 Å². The molecule has 0 bridgehead atoms. The second-order valence-electron chi connectivity index (χ2n) is 8.64. The van der Waals surface area contributed by atoms with E-state index in [0.717, 1.165) is 4.90 Å². The van der Waals surface area contributed by atoms with Gasteiger partial charge in [0.25, 0.3) is 0 Å². The third-order valence-corrected chi connectivity index (χ3v) is 6.39. The van der Waals surface area contributed by atoms with Gasteiger partial charge in [-0.25, -0.2) is 9.18 Å². The van der Waals surface area contributed by atoms with Crippen LogP contribution in [-0.2, 0) is 17.1 Å². The first kappa shape index (κ1) is 26.5. The molecule has 35 heavy (non-hydrogen) atoms. The zero-order valence-electron chi connectivity index (χ0n) is 19.0. The van der Waals surface area contributed by atoms with Crippen molar-refractivity contribution in [1.82, 2.24) is 9.80 Å².